The van der Waals surface area contributed by atoms with Crippen LogP contribution in [0.25, 0.3) is 0 Å². The Hall–Kier alpha value is -1.67. The molecule has 2 saturated heterocycles. The fraction of sp³-hybridized carbons (Fsp3) is 0.727. The number of epoxide rings is 2. The fourth-order valence-electron chi connectivity index (χ4n) is 1.96. The van der Waals surface area contributed by atoms with Crippen LogP contribution >= 0.6 is 0 Å². The minimum Gasteiger partial charge on any atom is -0.373 e. The first-order chi connectivity index (χ1) is 9.15. The van der Waals surface area contributed by atoms with Crippen LogP contribution in [0.4, 0.5) is 0 Å². The minimum atomic E-state index is -0.658. The molecule has 0 radical (unpaired) electrons. The maximum atomic E-state index is 12.1. The van der Waals surface area contributed by atoms with Gasteiger partial charge < -0.3 is 9.47 Å². The topological polar surface area (TPSA) is 102 Å². The Balaban J connectivity index is 1.84. The van der Waals surface area contributed by atoms with Crippen LogP contribution in [0.5, 0.6) is 0 Å². The first-order valence-corrected chi connectivity index (χ1v) is 6.32. The zero-order valence-electron chi connectivity index (χ0n) is 10.3. The lowest BCUT2D eigenvalue weighted by Gasteiger charge is -2.07. The summed E-state index contributed by atoms with van der Waals surface area (Å²) >= 11 is 0. The van der Waals surface area contributed by atoms with Gasteiger partial charge in [0, 0.05) is 13.1 Å². The Kier molecular flexibility index (Phi) is 3.11. The van der Waals surface area contributed by atoms with Gasteiger partial charge in [-0.15, -0.1) is 0 Å². The average Bonchev–Trinajstić information content (AvgIpc) is 3.23. The van der Waals surface area contributed by atoms with Crippen molar-refractivity contribution in [2.45, 2.75) is 38.1 Å². The number of nitrogens with one attached hydrogen (secondary N) is 1. The number of aromatic amines is 1. The first-order valence-electron chi connectivity index (χ1n) is 6.32. The summed E-state index contributed by atoms with van der Waals surface area (Å²) in [7, 11) is 0. The second-order valence-corrected chi connectivity index (χ2v) is 4.81. The molecule has 3 heterocycles. The SMILES string of the molecule is O=c1[nH]c(=O)n(CCC2CO2)c(=O)n1CCC1CO1. The molecule has 8 nitrogen and oxygen atoms in total. The minimum absolute atomic E-state index is 0.131. The van der Waals surface area contributed by atoms with E-state index >= 15 is 0 Å². The van der Waals surface area contributed by atoms with Gasteiger partial charge in [-0.05, 0) is 12.8 Å². The predicted octanol–water partition coefficient (Wildman–Crippen LogP) is -1.72. The highest BCUT2D eigenvalue weighted by atomic mass is 16.6. The van der Waals surface area contributed by atoms with Crippen molar-refractivity contribution < 1.29 is 9.47 Å². The summed E-state index contributed by atoms with van der Waals surface area (Å²) in [5.74, 6) is 0. The van der Waals surface area contributed by atoms with Crippen LogP contribution in [0.3, 0.4) is 0 Å². The second kappa shape index (κ2) is 4.78. The fourth-order valence-corrected chi connectivity index (χ4v) is 1.96. The van der Waals surface area contributed by atoms with Crippen molar-refractivity contribution in [3.05, 3.63) is 31.5 Å². The van der Waals surface area contributed by atoms with E-state index in [9.17, 15) is 14.4 Å². The van der Waals surface area contributed by atoms with Crippen molar-refractivity contribution in [1.82, 2.24) is 14.1 Å². The molecule has 1 aromatic heterocycles. The van der Waals surface area contributed by atoms with Gasteiger partial charge in [0.25, 0.3) is 0 Å². The van der Waals surface area contributed by atoms with Crippen molar-refractivity contribution in [3.63, 3.8) is 0 Å². The van der Waals surface area contributed by atoms with E-state index in [1.165, 1.54) is 0 Å². The van der Waals surface area contributed by atoms with Crippen LogP contribution in [0.1, 0.15) is 12.8 Å². The van der Waals surface area contributed by atoms with Crippen molar-refractivity contribution >= 4 is 0 Å². The van der Waals surface area contributed by atoms with Crippen molar-refractivity contribution in [2.75, 3.05) is 13.2 Å². The molecule has 0 amide bonds. The standard InChI is InChI=1S/C11H15N3O5/c15-9-12-10(16)14(4-2-8-6-19-8)11(17)13(9)3-1-7-5-18-7/h7-8H,1-6H2,(H,12,15,16). The molecule has 104 valence electrons. The molecule has 2 atom stereocenters. The van der Waals surface area contributed by atoms with E-state index in [2.05, 4.69) is 4.98 Å². The molecule has 1 N–H and O–H groups in total. The van der Waals surface area contributed by atoms with Crippen molar-refractivity contribution in [3.8, 4) is 0 Å². The van der Waals surface area contributed by atoms with E-state index in [1.807, 2.05) is 0 Å². The molecule has 2 aliphatic heterocycles. The molecule has 8 heteroatoms. The number of hydrogen-bond acceptors (Lipinski definition) is 5. The summed E-state index contributed by atoms with van der Waals surface area (Å²) in [6.07, 6.45) is 1.47. The molecule has 0 aliphatic carbocycles. The number of nitrogens with zero attached hydrogens (tertiary/aromatic N) is 2. The molecule has 1 aromatic rings. The Morgan fingerprint density at radius 3 is 1.74 bits per heavy atom. The molecule has 0 spiro atoms. The van der Waals surface area contributed by atoms with Gasteiger partial charge in [-0.1, -0.05) is 0 Å². The van der Waals surface area contributed by atoms with Gasteiger partial charge in [-0.2, -0.15) is 0 Å². The van der Waals surface area contributed by atoms with Crippen LogP contribution < -0.4 is 17.1 Å². The van der Waals surface area contributed by atoms with E-state index in [0.717, 1.165) is 9.13 Å². The Labute approximate surface area is 107 Å². The summed E-state index contributed by atoms with van der Waals surface area (Å²) in [4.78, 5) is 37.5. The van der Waals surface area contributed by atoms with Crippen LogP contribution in [-0.4, -0.2) is 39.5 Å². The zero-order valence-corrected chi connectivity index (χ0v) is 10.3. The molecule has 0 saturated carbocycles. The lowest BCUT2D eigenvalue weighted by Crippen LogP contribution is -2.49. The number of hydrogen-bond donors (Lipinski definition) is 1. The van der Waals surface area contributed by atoms with Crippen LogP contribution in [0.15, 0.2) is 14.4 Å². The summed E-state index contributed by atoms with van der Waals surface area (Å²) < 4.78 is 12.2. The highest BCUT2D eigenvalue weighted by molar-refractivity contribution is 4.78. The first kappa shape index (κ1) is 12.4. The van der Waals surface area contributed by atoms with Gasteiger partial charge >= 0.3 is 17.1 Å². The number of H-pyrrole nitrogens is 1. The zero-order chi connectivity index (χ0) is 13.4. The molecular formula is C11H15N3O5. The summed E-state index contributed by atoms with van der Waals surface area (Å²) in [6.45, 7) is 1.87. The molecule has 19 heavy (non-hydrogen) atoms. The van der Waals surface area contributed by atoms with E-state index < -0.39 is 17.1 Å². The van der Waals surface area contributed by atoms with Gasteiger partial charge in [-0.25, -0.2) is 23.5 Å². The van der Waals surface area contributed by atoms with E-state index in [1.54, 1.807) is 0 Å². The maximum Gasteiger partial charge on any atom is 0.336 e. The van der Waals surface area contributed by atoms with E-state index in [-0.39, 0.29) is 25.3 Å². The maximum absolute atomic E-state index is 12.1. The van der Waals surface area contributed by atoms with Gasteiger partial charge in [-0.3, -0.25) is 4.98 Å². The molecule has 2 aliphatic rings. The molecular weight excluding hydrogens is 254 g/mol. The third-order valence-corrected chi connectivity index (χ3v) is 3.32. The number of aromatic nitrogens is 3. The third kappa shape index (κ3) is 2.85. The summed E-state index contributed by atoms with van der Waals surface area (Å²) in [5.41, 5.74) is -1.88. The highest BCUT2D eigenvalue weighted by Gasteiger charge is 2.24. The van der Waals surface area contributed by atoms with E-state index in [4.69, 9.17) is 9.47 Å². The average molecular weight is 269 g/mol. The molecule has 3 rings (SSSR count). The largest absolute Gasteiger partial charge is 0.373 e. The van der Waals surface area contributed by atoms with Crippen LogP contribution in [0, 0.1) is 0 Å². The van der Waals surface area contributed by atoms with Crippen molar-refractivity contribution in [1.29, 1.82) is 0 Å². The third-order valence-electron chi connectivity index (χ3n) is 3.32. The molecule has 2 unspecified atom stereocenters. The highest BCUT2D eigenvalue weighted by Crippen LogP contribution is 2.13. The summed E-state index contributed by atoms with van der Waals surface area (Å²) in [5, 5.41) is 0. The molecule has 0 bridgehead atoms. The van der Waals surface area contributed by atoms with E-state index in [0.29, 0.717) is 26.1 Å². The van der Waals surface area contributed by atoms with Gasteiger partial charge in [0.15, 0.2) is 0 Å². The normalized spacial score (nSPS) is 24.4. The van der Waals surface area contributed by atoms with Crippen LogP contribution in [0.2, 0.25) is 0 Å². The Morgan fingerprint density at radius 1 is 0.947 bits per heavy atom. The monoisotopic (exact) mass is 269 g/mol. The lowest BCUT2D eigenvalue weighted by molar-refractivity contribution is 0.366. The van der Waals surface area contributed by atoms with Gasteiger partial charge in [0.1, 0.15) is 0 Å². The number of rotatable bonds is 6. The summed E-state index contributed by atoms with van der Waals surface area (Å²) in [6, 6.07) is 0. The molecule has 0 aromatic carbocycles. The smallest absolute Gasteiger partial charge is 0.336 e. The van der Waals surface area contributed by atoms with Crippen LogP contribution in [-0.2, 0) is 22.6 Å². The van der Waals surface area contributed by atoms with Gasteiger partial charge in [0.05, 0.1) is 25.4 Å². The molecule has 2 fully saturated rings. The quantitative estimate of drug-likeness (QED) is 0.619. The second-order valence-electron chi connectivity index (χ2n) is 4.81. The van der Waals surface area contributed by atoms with Gasteiger partial charge in [0.2, 0.25) is 0 Å². The predicted molar refractivity (Wildman–Crippen MR) is 64.3 cm³/mol. The Morgan fingerprint density at radius 2 is 1.37 bits per heavy atom. The number of ether oxygens (including phenoxy) is 2. The Bertz CT molecular complexity index is 584. The lowest BCUT2D eigenvalue weighted by atomic mass is 10.3. The van der Waals surface area contributed by atoms with Crippen molar-refractivity contribution in [2.24, 2.45) is 0 Å².